The molecule has 1 aromatic rings. The second-order valence-corrected chi connectivity index (χ2v) is 7.98. The van der Waals surface area contributed by atoms with Crippen molar-refractivity contribution in [2.45, 2.75) is 38.5 Å². The smallest absolute Gasteiger partial charge is 0.191 e. The van der Waals surface area contributed by atoms with Crippen LogP contribution in [0.2, 0.25) is 0 Å². The molecule has 1 saturated heterocycles. The molecule has 1 aromatic carbocycles. The predicted octanol–water partition coefficient (Wildman–Crippen LogP) is 3.18. The van der Waals surface area contributed by atoms with E-state index in [9.17, 15) is 0 Å². The number of hydrogen-bond acceptors (Lipinski definition) is 4. The summed E-state index contributed by atoms with van der Waals surface area (Å²) in [5, 5.41) is 6.90. The van der Waals surface area contributed by atoms with Gasteiger partial charge in [0.15, 0.2) is 5.96 Å². The number of guanidine groups is 1. The quantitative estimate of drug-likeness (QED) is 0.199. The first-order valence-electron chi connectivity index (χ1n) is 10.9. The Bertz CT molecular complexity index is 621. The van der Waals surface area contributed by atoms with Gasteiger partial charge in [-0.05, 0) is 51.3 Å². The summed E-state index contributed by atoms with van der Waals surface area (Å²) >= 11 is 0. The van der Waals surface area contributed by atoms with Gasteiger partial charge in [0.25, 0.3) is 0 Å². The van der Waals surface area contributed by atoms with Gasteiger partial charge < -0.3 is 25.0 Å². The normalized spacial score (nSPS) is 16.2. The zero-order valence-electron chi connectivity index (χ0n) is 19.2. The molecule has 1 aliphatic rings. The molecular formula is C23H41IN4O2. The molecule has 0 atom stereocenters. The van der Waals surface area contributed by atoms with Crippen LogP contribution in [0.5, 0.6) is 0 Å². The lowest BCUT2D eigenvalue weighted by atomic mass is 9.72. The molecule has 0 unspecified atom stereocenters. The standard InChI is InChI=1S/C23H40N4O2.HI/c1-5-24-22(25-13-15-27(3)14-8-16-28-4)26-19-23(11-17-29-18-12-23)21-10-7-6-9-20(21)2;/h6-7,9-10H,5,8,11-19H2,1-4H3,(H2,24,25,26);1H. The molecular weight excluding hydrogens is 491 g/mol. The molecule has 30 heavy (non-hydrogen) atoms. The third kappa shape index (κ3) is 8.69. The van der Waals surface area contributed by atoms with E-state index in [0.717, 1.165) is 77.8 Å². The SMILES string of the molecule is CCNC(=NCC1(c2ccccc2C)CCOCC1)NCCN(C)CCCOC.I. The van der Waals surface area contributed by atoms with Crippen LogP contribution >= 0.6 is 24.0 Å². The molecule has 1 aliphatic heterocycles. The lowest BCUT2D eigenvalue weighted by Crippen LogP contribution is -2.43. The summed E-state index contributed by atoms with van der Waals surface area (Å²) in [6.07, 6.45) is 3.09. The number of nitrogens with zero attached hydrogens (tertiary/aromatic N) is 2. The van der Waals surface area contributed by atoms with Gasteiger partial charge in [-0.2, -0.15) is 0 Å². The van der Waals surface area contributed by atoms with E-state index >= 15 is 0 Å². The van der Waals surface area contributed by atoms with Gasteiger partial charge in [-0.1, -0.05) is 24.3 Å². The highest BCUT2D eigenvalue weighted by atomic mass is 127. The van der Waals surface area contributed by atoms with Gasteiger partial charge in [0.2, 0.25) is 0 Å². The minimum absolute atomic E-state index is 0. The Morgan fingerprint density at radius 1 is 1.20 bits per heavy atom. The van der Waals surface area contributed by atoms with Crippen LogP contribution in [-0.2, 0) is 14.9 Å². The minimum Gasteiger partial charge on any atom is -0.385 e. The molecule has 0 aliphatic carbocycles. The highest BCUT2D eigenvalue weighted by molar-refractivity contribution is 14.0. The maximum atomic E-state index is 5.68. The number of benzene rings is 1. The van der Waals surface area contributed by atoms with E-state index in [4.69, 9.17) is 14.5 Å². The fourth-order valence-corrected chi connectivity index (χ4v) is 3.97. The van der Waals surface area contributed by atoms with Crippen molar-refractivity contribution in [3.8, 4) is 0 Å². The van der Waals surface area contributed by atoms with E-state index in [1.165, 1.54) is 11.1 Å². The first-order valence-corrected chi connectivity index (χ1v) is 10.9. The Hall–Kier alpha value is -0.900. The van der Waals surface area contributed by atoms with E-state index in [1.807, 2.05) is 0 Å². The average Bonchev–Trinajstić information content (AvgIpc) is 2.73. The zero-order valence-corrected chi connectivity index (χ0v) is 21.5. The van der Waals surface area contributed by atoms with E-state index in [-0.39, 0.29) is 29.4 Å². The number of aliphatic imine (C=N–C) groups is 1. The van der Waals surface area contributed by atoms with E-state index in [0.29, 0.717) is 0 Å². The Labute approximate surface area is 200 Å². The number of hydrogen-bond donors (Lipinski definition) is 2. The molecule has 0 radical (unpaired) electrons. The molecule has 172 valence electrons. The molecule has 1 fully saturated rings. The van der Waals surface area contributed by atoms with Crippen molar-refractivity contribution in [2.75, 3.05) is 66.7 Å². The fraction of sp³-hybridized carbons (Fsp3) is 0.696. The Kier molecular flexibility index (Phi) is 13.6. The van der Waals surface area contributed by atoms with Gasteiger partial charge in [-0.3, -0.25) is 4.99 Å². The van der Waals surface area contributed by atoms with Crippen LogP contribution in [0, 0.1) is 6.92 Å². The van der Waals surface area contributed by atoms with Crippen LogP contribution in [0.25, 0.3) is 0 Å². The number of ether oxygens (including phenoxy) is 2. The van der Waals surface area contributed by atoms with Gasteiger partial charge in [0, 0.05) is 58.5 Å². The third-order valence-corrected chi connectivity index (χ3v) is 5.72. The molecule has 0 amide bonds. The predicted molar refractivity (Wildman–Crippen MR) is 136 cm³/mol. The van der Waals surface area contributed by atoms with E-state index in [2.05, 4.69) is 60.7 Å². The van der Waals surface area contributed by atoms with Crippen LogP contribution in [-0.4, -0.2) is 77.6 Å². The zero-order chi connectivity index (χ0) is 21.0. The number of halogens is 1. The summed E-state index contributed by atoms with van der Waals surface area (Å²) in [5.74, 6) is 0.900. The van der Waals surface area contributed by atoms with Crippen LogP contribution in [0.15, 0.2) is 29.3 Å². The van der Waals surface area contributed by atoms with Gasteiger partial charge in [0.1, 0.15) is 0 Å². The highest BCUT2D eigenvalue weighted by Crippen LogP contribution is 2.36. The van der Waals surface area contributed by atoms with Gasteiger partial charge in [-0.15, -0.1) is 24.0 Å². The maximum Gasteiger partial charge on any atom is 0.191 e. The first kappa shape index (κ1) is 27.1. The fourth-order valence-electron chi connectivity index (χ4n) is 3.97. The largest absolute Gasteiger partial charge is 0.385 e. The van der Waals surface area contributed by atoms with Gasteiger partial charge in [0.05, 0.1) is 6.54 Å². The minimum atomic E-state index is 0. The van der Waals surface area contributed by atoms with Crippen molar-refractivity contribution in [1.29, 1.82) is 0 Å². The van der Waals surface area contributed by atoms with Crippen molar-refractivity contribution < 1.29 is 9.47 Å². The van der Waals surface area contributed by atoms with Crippen LogP contribution in [0.1, 0.15) is 37.3 Å². The van der Waals surface area contributed by atoms with Crippen molar-refractivity contribution >= 4 is 29.9 Å². The molecule has 0 saturated carbocycles. The molecule has 7 heteroatoms. The second kappa shape index (κ2) is 15.0. The van der Waals surface area contributed by atoms with E-state index < -0.39 is 0 Å². The molecule has 2 N–H and O–H groups in total. The molecule has 0 aromatic heterocycles. The lowest BCUT2D eigenvalue weighted by molar-refractivity contribution is 0.0529. The molecule has 1 heterocycles. The molecule has 6 nitrogen and oxygen atoms in total. The summed E-state index contributed by atoms with van der Waals surface area (Å²) in [5.41, 5.74) is 2.82. The van der Waals surface area contributed by atoms with Crippen molar-refractivity contribution in [3.63, 3.8) is 0 Å². The van der Waals surface area contributed by atoms with Crippen LogP contribution < -0.4 is 10.6 Å². The summed E-state index contributed by atoms with van der Waals surface area (Å²) in [6, 6.07) is 8.74. The number of nitrogens with one attached hydrogen (secondary N) is 2. The number of likely N-dealkylation sites (N-methyl/N-ethyl adjacent to an activating group) is 1. The Balaban J connectivity index is 0.00000450. The van der Waals surface area contributed by atoms with Crippen LogP contribution in [0.3, 0.4) is 0 Å². The number of methoxy groups -OCH3 is 1. The summed E-state index contributed by atoms with van der Waals surface area (Å²) in [4.78, 5) is 7.32. The highest BCUT2D eigenvalue weighted by Gasteiger charge is 2.35. The van der Waals surface area contributed by atoms with Crippen molar-refractivity contribution in [2.24, 2.45) is 4.99 Å². The monoisotopic (exact) mass is 532 g/mol. The second-order valence-electron chi connectivity index (χ2n) is 7.98. The van der Waals surface area contributed by atoms with Crippen LogP contribution in [0.4, 0.5) is 0 Å². The molecule has 0 bridgehead atoms. The van der Waals surface area contributed by atoms with Crippen molar-refractivity contribution in [1.82, 2.24) is 15.5 Å². The Morgan fingerprint density at radius 3 is 2.60 bits per heavy atom. The van der Waals surface area contributed by atoms with Gasteiger partial charge in [-0.25, -0.2) is 0 Å². The first-order chi connectivity index (χ1) is 14.1. The molecule has 2 rings (SSSR count). The topological polar surface area (TPSA) is 58.1 Å². The maximum absolute atomic E-state index is 5.68. The number of rotatable bonds is 11. The summed E-state index contributed by atoms with van der Waals surface area (Å²) < 4.78 is 10.8. The van der Waals surface area contributed by atoms with E-state index in [1.54, 1.807) is 7.11 Å². The molecule has 0 spiro atoms. The third-order valence-electron chi connectivity index (χ3n) is 5.72. The summed E-state index contributed by atoms with van der Waals surface area (Å²) in [6.45, 7) is 11.3. The number of aryl methyl sites for hydroxylation is 1. The van der Waals surface area contributed by atoms with Crippen molar-refractivity contribution in [3.05, 3.63) is 35.4 Å². The van der Waals surface area contributed by atoms with Gasteiger partial charge >= 0.3 is 0 Å². The summed E-state index contributed by atoms with van der Waals surface area (Å²) in [7, 11) is 3.90. The Morgan fingerprint density at radius 2 is 1.93 bits per heavy atom. The average molecular weight is 533 g/mol. The lowest BCUT2D eigenvalue weighted by Gasteiger charge is -2.37.